The Labute approximate surface area is 223 Å². The van der Waals surface area contributed by atoms with Gasteiger partial charge in [-0.1, -0.05) is 96.8 Å². The van der Waals surface area contributed by atoms with Crippen LogP contribution in [-0.4, -0.2) is 56.7 Å². The predicted octanol–water partition coefficient (Wildman–Crippen LogP) is 4.73. The molecule has 2 atom stereocenters. The number of esters is 3. The van der Waals surface area contributed by atoms with Crippen molar-refractivity contribution in [1.82, 2.24) is 5.32 Å². The van der Waals surface area contributed by atoms with E-state index >= 15 is 0 Å². The summed E-state index contributed by atoms with van der Waals surface area (Å²) in [5.74, 6) is -2.28. The van der Waals surface area contributed by atoms with Crippen LogP contribution in [0.25, 0.3) is 0 Å². The maximum absolute atomic E-state index is 12.3. The molecule has 0 saturated heterocycles. The molecule has 0 aliphatic heterocycles. The van der Waals surface area contributed by atoms with E-state index < -0.39 is 35.9 Å². The van der Waals surface area contributed by atoms with Crippen LogP contribution in [0, 0.1) is 0 Å². The molecule has 0 saturated carbocycles. The number of rotatable bonds is 24. The number of unbranched alkanes of at least 4 members (excludes halogenated alkanes) is 14. The Hall–Kier alpha value is -2.16. The Morgan fingerprint density at radius 1 is 0.676 bits per heavy atom. The highest BCUT2D eigenvalue weighted by atomic mass is 16.5. The number of nitrogens with two attached hydrogens (primary N) is 1. The van der Waals surface area contributed by atoms with Gasteiger partial charge in [-0.15, -0.1) is 0 Å². The van der Waals surface area contributed by atoms with Gasteiger partial charge in [0.2, 0.25) is 5.91 Å². The van der Waals surface area contributed by atoms with Crippen molar-refractivity contribution in [3.63, 3.8) is 0 Å². The molecular formula is C28H52N2O7. The SMILES string of the molecule is CCCCCCCCCCCCCCCCCC(=O)OC[C@H](N)C(=O)N[C@H](CCC(=O)OC)C(=O)OC. The number of nitrogens with one attached hydrogen (secondary N) is 1. The zero-order valence-corrected chi connectivity index (χ0v) is 23.5. The molecule has 0 aliphatic carbocycles. The lowest BCUT2D eigenvalue weighted by atomic mass is 10.0. The largest absolute Gasteiger partial charge is 0.469 e. The fraction of sp³-hybridized carbons (Fsp3) is 0.857. The fourth-order valence-corrected chi connectivity index (χ4v) is 4.01. The molecule has 216 valence electrons. The van der Waals surface area contributed by atoms with Crippen molar-refractivity contribution in [2.45, 2.75) is 135 Å². The number of hydrogen-bond acceptors (Lipinski definition) is 8. The van der Waals surface area contributed by atoms with Gasteiger partial charge in [0.05, 0.1) is 14.2 Å². The molecule has 9 nitrogen and oxygen atoms in total. The van der Waals surface area contributed by atoms with Crippen molar-refractivity contribution < 1.29 is 33.4 Å². The summed E-state index contributed by atoms with van der Waals surface area (Å²) in [6.45, 7) is 1.97. The molecule has 3 N–H and O–H groups in total. The van der Waals surface area contributed by atoms with Crippen molar-refractivity contribution in [2.24, 2.45) is 5.73 Å². The Morgan fingerprint density at radius 2 is 1.16 bits per heavy atom. The van der Waals surface area contributed by atoms with Crippen LogP contribution in [0.15, 0.2) is 0 Å². The van der Waals surface area contributed by atoms with Crippen LogP contribution in [0.2, 0.25) is 0 Å². The molecule has 0 heterocycles. The Kier molecular flexibility index (Phi) is 22.8. The van der Waals surface area contributed by atoms with Crippen LogP contribution < -0.4 is 11.1 Å². The van der Waals surface area contributed by atoms with Gasteiger partial charge in [-0.2, -0.15) is 0 Å². The fourth-order valence-electron chi connectivity index (χ4n) is 4.01. The molecule has 0 aromatic heterocycles. The summed E-state index contributed by atoms with van der Waals surface area (Å²) < 4.78 is 14.3. The van der Waals surface area contributed by atoms with Crippen molar-refractivity contribution >= 4 is 23.8 Å². The van der Waals surface area contributed by atoms with E-state index in [1.807, 2.05) is 0 Å². The highest BCUT2D eigenvalue weighted by molar-refractivity contribution is 5.88. The molecule has 0 unspecified atom stereocenters. The smallest absolute Gasteiger partial charge is 0.328 e. The molecule has 0 aromatic rings. The van der Waals surface area contributed by atoms with Gasteiger partial charge in [0, 0.05) is 12.8 Å². The van der Waals surface area contributed by atoms with Gasteiger partial charge >= 0.3 is 17.9 Å². The molecule has 0 aromatic carbocycles. The molecule has 0 radical (unpaired) electrons. The average Bonchev–Trinajstić information content (AvgIpc) is 2.90. The standard InChI is InChI=1S/C28H52N2O7/c1-4-5-6-7-8-9-10-11-12-13-14-15-16-17-18-19-26(32)37-22-23(29)27(33)30-24(28(34)36-3)20-21-25(31)35-2/h23-24H,4-22,29H2,1-3H3,(H,30,33)/t23-,24+/m0/s1. The summed E-state index contributed by atoms with van der Waals surface area (Å²) in [7, 11) is 2.41. The highest BCUT2D eigenvalue weighted by Gasteiger charge is 2.26. The molecule has 1 amide bonds. The summed E-state index contributed by atoms with van der Waals surface area (Å²) in [6, 6.07) is -2.17. The van der Waals surface area contributed by atoms with Gasteiger partial charge in [0.25, 0.3) is 0 Å². The van der Waals surface area contributed by atoms with E-state index in [2.05, 4.69) is 21.7 Å². The third-order valence-corrected chi connectivity index (χ3v) is 6.41. The first-order chi connectivity index (χ1) is 17.8. The first-order valence-electron chi connectivity index (χ1n) is 14.2. The van der Waals surface area contributed by atoms with Gasteiger partial charge < -0.3 is 25.3 Å². The maximum atomic E-state index is 12.3. The lowest BCUT2D eigenvalue weighted by Crippen LogP contribution is -2.50. The first kappa shape index (κ1) is 34.8. The van der Waals surface area contributed by atoms with Gasteiger partial charge in [-0.05, 0) is 12.8 Å². The topological polar surface area (TPSA) is 134 Å². The van der Waals surface area contributed by atoms with Crippen molar-refractivity contribution in [2.75, 3.05) is 20.8 Å². The van der Waals surface area contributed by atoms with E-state index in [4.69, 9.17) is 10.5 Å². The lowest BCUT2D eigenvalue weighted by molar-refractivity contribution is -0.149. The zero-order chi connectivity index (χ0) is 27.7. The van der Waals surface area contributed by atoms with E-state index in [-0.39, 0.29) is 25.9 Å². The van der Waals surface area contributed by atoms with Gasteiger partial charge in [-0.25, -0.2) is 4.79 Å². The van der Waals surface area contributed by atoms with Crippen LogP contribution >= 0.6 is 0 Å². The molecular weight excluding hydrogens is 476 g/mol. The van der Waals surface area contributed by atoms with Crippen molar-refractivity contribution in [3.05, 3.63) is 0 Å². The summed E-state index contributed by atoms with van der Waals surface area (Å²) in [4.78, 5) is 47.4. The first-order valence-corrected chi connectivity index (χ1v) is 14.2. The quantitative estimate of drug-likeness (QED) is 0.104. The van der Waals surface area contributed by atoms with Crippen LogP contribution in [0.3, 0.4) is 0 Å². The van der Waals surface area contributed by atoms with Crippen LogP contribution in [0.5, 0.6) is 0 Å². The van der Waals surface area contributed by atoms with Gasteiger partial charge in [0.1, 0.15) is 18.7 Å². The molecule has 0 spiro atoms. The summed E-state index contributed by atoms with van der Waals surface area (Å²) in [5, 5.41) is 2.43. The highest BCUT2D eigenvalue weighted by Crippen LogP contribution is 2.14. The van der Waals surface area contributed by atoms with Crippen LogP contribution in [0.4, 0.5) is 0 Å². The van der Waals surface area contributed by atoms with E-state index in [0.717, 1.165) is 19.3 Å². The van der Waals surface area contributed by atoms with Crippen molar-refractivity contribution in [3.8, 4) is 0 Å². The minimum atomic E-state index is -1.13. The minimum Gasteiger partial charge on any atom is -0.469 e. The second-order valence-corrected chi connectivity index (χ2v) is 9.69. The number of methoxy groups -OCH3 is 2. The van der Waals surface area contributed by atoms with E-state index in [1.54, 1.807) is 0 Å². The lowest BCUT2D eigenvalue weighted by Gasteiger charge is -2.19. The number of hydrogen-bond donors (Lipinski definition) is 2. The maximum Gasteiger partial charge on any atom is 0.328 e. The predicted molar refractivity (Wildman–Crippen MR) is 144 cm³/mol. The van der Waals surface area contributed by atoms with E-state index in [0.29, 0.717) is 0 Å². The Balaban J connectivity index is 3.80. The van der Waals surface area contributed by atoms with E-state index in [1.165, 1.54) is 91.3 Å². The zero-order valence-electron chi connectivity index (χ0n) is 23.5. The van der Waals surface area contributed by atoms with Gasteiger partial charge in [0.15, 0.2) is 0 Å². The normalized spacial score (nSPS) is 12.4. The van der Waals surface area contributed by atoms with Crippen LogP contribution in [0.1, 0.15) is 122 Å². The second-order valence-electron chi connectivity index (χ2n) is 9.69. The molecule has 0 aliphatic rings. The number of carbonyl (C=O) groups is 4. The average molecular weight is 529 g/mol. The van der Waals surface area contributed by atoms with Crippen LogP contribution in [-0.2, 0) is 33.4 Å². The molecule has 0 fully saturated rings. The number of ether oxygens (including phenoxy) is 3. The molecule has 9 heteroatoms. The summed E-state index contributed by atoms with van der Waals surface area (Å²) in [6.07, 6.45) is 19.0. The Bertz CT molecular complexity index is 628. The second kappa shape index (κ2) is 24.2. The van der Waals surface area contributed by atoms with Gasteiger partial charge in [-0.3, -0.25) is 14.4 Å². The number of amides is 1. The molecule has 0 rings (SSSR count). The number of carbonyl (C=O) groups excluding carboxylic acids is 4. The molecule has 0 bridgehead atoms. The minimum absolute atomic E-state index is 0.0107. The molecule has 37 heavy (non-hydrogen) atoms. The Morgan fingerprint density at radius 3 is 1.62 bits per heavy atom. The van der Waals surface area contributed by atoms with E-state index in [9.17, 15) is 19.2 Å². The van der Waals surface area contributed by atoms with Crippen molar-refractivity contribution in [1.29, 1.82) is 0 Å². The third-order valence-electron chi connectivity index (χ3n) is 6.41. The summed E-state index contributed by atoms with van der Waals surface area (Å²) in [5.41, 5.74) is 5.79. The third kappa shape index (κ3) is 20.6. The summed E-state index contributed by atoms with van der Waals surface area (Å²) >= 11 is 0. The monoisotopic (exact) mass is 528 g/mol.